The number of aryl methyl sites for hydroxylation is 1. The van der Waals surface area contributed by atoms with Crippen LogP contribution in [-0.2, 0) is 18.3 Å². The van der Waals surface area contributed by atoms with Gasteiger partial charge in [-0.1, -0.05) is 6.08 Å². The third-order valence-corrected chi connectivity index (χ3v) is 1.97. The predicted molar refractivity (Wildman–Crippen MR) is 54.7 cm³/mol. The predicted octanol–water partition coefficient (Wildman–Crippen LogP) is 0.435. The van der Waals surface area contributed by atoms with Crippen LogP contribution in [0.15, 0.2) is 25.0 Å². The first-order valence-electron chi connectivity index (χ1n) is 4.50. The van der Waals surface area contributed by atoms with Crippen LogP contribution in [0.25, 0.3) is 0 Å². The quantitative estimate of drug-likeness (QED) is 0.690. The second kappa shape index (κ2) is 4.72. The average molecular weight is 193 g/mol. The van der Waals surface area contributed by atoms with E-state index in [2.05, 4.69) is 11.7 Å². The van der Waals surface area contributed by atoms with Gasteiger partial charge >= 0.3 is 0 Å². The number of nitrogens with zero attached hydrogens (tertiary/aromatic N) is 2. The number of carbonyl (C=O) groups is 1. The highest BCUT2D eigenvalue weighted by Gasteiger charge is 2.12. The van der Waals surface area contributed by atoms with Gasteiger partial charge in [0.1, 0.15) is 0 Å². The summed E-state index contributed by atoms with van der Waals surface area (Å²) < 4.78 is 1.67. The Hall–Kier alpha value is -1.42. The van der Waals surface area contributed by atoms with Crippen molar-refractivity contribution >= 4 is 5.78 Å². The Morgan fingerprint density at radius 2 is 2.57 bits per heavy atom. The molecule has 0 aromatic carbocycles. The maximum Gasteiger partial charge on any atom is 0.154 e. The van der Waals surface area contributed by atoms with Crippen LogP contribution in [0.1, 0.15) is 12.0 Å². The highest BCUT2D eigenvalue weighted by atomic mass is 16.1. The molecule has 0 spiro atoms. The van der Waals surface area contributed by atoms with E-state index in [1.807, 2.05) is 13.2 Å². The molecule has 76 valence electrons. The first-order valence-corrected chi connectivity index (χ1v) is 4.50. The van der Waals surface area contributed by atoms with E-state index in [0.717, 1.165) is 5.56 Å². The lowest BCUT2D eigenvalue weighted by atomic mass is 10.0. The number of Topliss-reactive ketones (excluding diaryl/α,β-unsaturated/α-hetero) is 1. The summed E-state index contributed by atoms with van der Waals surface area (Å²) in [4.78, 5) is 11.5. The van der Waals surface area contributed by atoms with E-state index >= 15 is 0 Å². The van der Waals surface area contributed by atoms with Gasteiger partial charge in [0.25, 0.3) is 0 Å². The fraction of sp³-hybridized carbons (Fsp3) is 0.400. The minimum Gasteiger partial charge on any atom is -0.321 e. The molecule has 0 bridgehead atoms. The number of ketones is 1. The molecule has 4 nitrogen and oxygen atoms in total. The summed E-state index contributed by atoms with van der Waals surface area (Å²) in [7, 11) is 1.82. The second-order valence-electron chi connectivity index (χ2n) is 3.30. The van der Waals surface area contributed by atoms with Crippen molar-refractivity contribution < 1.29 is 4.79 Å². The minimum atomic E-state index is -0.437. The van der Waals surface area contributed by atoms with Crippen molar-refractivity contribution in [1.82, 2.24) is 9.78 Å². The number of carbonyl (C=O) groups excluding carboxylic acids is 1. The Labute approximate surface area is 83.4 Å². The molecule has 1 unspecified atom stereocenters. The molecule has 0 aliphatic heterocycles. The van der Waals surface area contributed by atoms with Gasteiger partial charge in [-0.15, -0.1) is 6.58 Å². The van der Waals surface area contributed by atoms with Gasteiger partial charge in [-0.3, -0.25) is 9.48 Å². The van der Waals surface area contributed by atoms with Crippen LogP contribution in [0.2, 0.25) is 0 Å². The number of hydrogen-bond donors (Lipinski definition) is 1. The molecule has 0 aliphatic carbocycles. The maximum absolute atomic E-state index is 11.5. The summed E-state index contributed by atoms with van der Waals surface area (Å²) in [5, 5.41) is 3.98. The monoisotopic (exact) mass is 193 g/mol. The average Bonchev–Trinajstić information content (AvgIpc) is 2.51. The molecule has 4 heteroatoms. The topological polar surface area (TPSA) is 60.9 Å². The Morgan fingerprint density at radius 1 is 1.86 bits per heavy atom. The normalized spacial score (nSPS) is 12.4. The molecule has 1 rings (SSSR count). The summed E-state index contributed by atoms with van der Waals surface area (Å²) in [5.41, 5.74) is 6.53. The Balaban J connectivity index is 2.52. The first kappa shape index (κ1) is 10.7. The van der Waals surface area contributed by atoms with Crippen molar-refractivity contribution in [3.05, 3.63) is 30.6 Å². The summed E-state index contributed by atoms with van der Waals surface area (Å²) in [5.74, 6) is 0.0258. The molecule has 1 heterocycles. The molecule has 0 amide bonds. The van der Waals surface area contributed by atoms with Crippen molar-refractivity contribution in [1.29, 1.82) is 0 Å². The van der Waals surface area contributed by atoms with E-state index in [-0.39, 0.29) is 5.78 Å². The van der Waals surface area contributed by atoms with Crippen LogP contribution in [-0.4, -0.2) is 21.6 Å². The molecule has 0 fully saturated rings. The van der Waals surface area contributed by atoms with E-state index in [4.69, 9.17) is 5.73 Å². The van der Waals surface area contributed by atoms with E-state index in [1.165, 1.54) is 0 Å². The number of nitrogens with two attached hydrogens (primary N) is 1. The van der Waals surface area contributed by atoms with Crippen LogP contribution < -0.4 is 5.73 Å². The van der Waals surface area contributed by atoms with Gasteiger partial charge in [0, 0.05) is 19.7 Å². The molecule has 0 saturated heterocycles. The van der Waals surface area contributed by atoms with Crippen molar-refractivity contribution in [3.63, 3.8) is 0 Å². The van der Waals surface area contributed by atoms with Gasteiger partial charge < -0.3 is 5.73 Å². The maximum atomic E-state index is 11.5. The van der Waals surface area contributed by atoms with Gasteiger partial charge in [-0.05, 0) is 12.0 Å². The van der Waals surface area contributed by atoms with E-state index in [9.17, 15) is 4.79 Å². The molecular formula is C10H15N3O. The molecule has 0 aliphatic rings. The van der Waals surface area contributed by atoms with Gasteiger partial charge in [-0.25, -0.2) is 0 Å². The van der Waals surface area contributed by atoms with Gasteiger partial charge in [0.2, 0.25) is 0 Å². The molecular weight excluding hydrogens is 178 g/mol. The number of aromatic nitrogens is 2. The summed E-state index contributed by atoms with van der Waals surface area (Å²) in [6.45, 7) is 3.55. The van der Waals surface area contributed by atoms with Gasteiger partial charge in [-0.2, -0.15) is 5.10 Å². The molecule has 0 saturated carbocycles. The Kier molecular flexibility index (Phi) is 3.59. The zero-order valence-corrected chi connectivity index (χ0v) is 8.31. The Bertz CT molecular complexity index is 330. The summed E-state index contributed by atoms with van der Waals surface area (Å²) >= 11 is 0. The number of rotatable bonds is 5. The third kappa shape index (κ3) is 2.81. The largest absolute Gasteiger partial charge is 0.321 e. The summed E-state index contributed by atoms with van der Waals surface area (Å²) in [6, 6.07) is -0.437. The van der Waals surface area contributed by atoms with E-state index in [1.54, 1.807) is 17.0 Å². The van der Waals surface area contributed by atoms with Crippen LogP contribution in [0.5, 0.6) is 0 Å². The van der Waals surface area contributed by atoms with Crippen LogP contribution in [0.3, 0.4) is 0 Å². The lowest BCUT2D eigenvalue weighted by Crippen LogP contribution is -2.31. The lowest BCUT2D eigenvalue weighted by Gasteiger charge is -2.05. The van der Waals surface area contributed by atoms with Crippen LogP contribution in [0, 0.1) is 0 Å². The second-order valence-corrected chi connectivity index (χ2v) is 3.30. The van der Waals surface area contributed by atoms with Crippen molar-refractivity contribution in [2.75, 3.05) is 0 Å². The lowest BCUT2D eigenvalue weighted by molar-refractivity contribution is -0.119. The van der Waals surface area contributed by atoms with Crippen molar-refractivity contribution in [2.45, 2.75) is 18.9 Å². The van der Waals surface area contributed by atoms with Crippen molar-refractivity contribution in [2.24, 2.45) is 12.8 Å². The Morgan fingerprint density at radius 3 is 3.07 bits per heavy atom. The minimum absolute atomic E-state index is 0.0258. The zero-order chi connectivity index (χ0) is 10.6. The molecule has 1 aromatic heterocycles. The molecule has 2 N–H and O–H groups in total. The van der Waals surface area contributed by atoms with Gasteiger partial charge in [0.15, 0.2) is 5.78 Å². The van der Waals surface area contributed by atoms with Crippen LogP contribution in [0.4, 0.5) is 0 Å². The first-order chi connectivity index (χ1) is 6.63. The van der Waals surface area contributed by atoms with Gasteiger partial charge in [0.05, 0.1) is 12.2 Å². The highest BCUT2D eigenvalue weighted by molar-refractivity contribution is 5.85. The standard InChI is InChI=1S/C10H15N3O/c1-3-4-9(11)10(14)5-8-6-12-13(2)7-8/h3,6-7,9H,1,4-5,11H2,2H3. The van der Waals surface area contributed by atoms with E-state index in [0.29, 0.717) is 12.8 Å². The molecule has 1 atom stereocenters. The summed E-state index contributed by atoms with van der Waals surface area (Å²) in [6.07, 6.45) is 6.03. The third-order valence-electron chi connectivity index (χ3n) is 1.97. The number of hydrogen-bond acceptors (Lipinski definition) is 3. The fourth-order valence-electron chi connectivity index (χ4n) is 1.21. The molecule has 1 aromatic rings. The van der Waals surface area contributed by atoms with Crippen molar-refractivity contribution in [3.8, 4) is 0 Å². The SMILES string of the molecule is C=CCC(N)C(=O)Cc1cnn(C)c1. The fourth-order valence-corrected chi connectivity index (χ4v) is 1.21. The smallest absolute Gasteiger partial charge is 0.154 e. The molecule has 0 radical (unpaired) electrons. The highest BCUT2D eigenvalue weighted by Crippen LogP contribution is 2.01. The molecule has 14 heavy (non-hydrogen) atoms. The zero-order valence-electron chi connectivity index (χ0n) is 8.31. The van der Waals surface area contributed by atoms with Crippen LogP contribution >= 0.6 is 0 Å². The van der Waals surface area contributed by atoms with E-state index < -0.39 is 6.04 Å².